The number of hydrogen-bond donors (Lipinski definition) is 2. The standard InChI is InChI=1S/C25H22ClF3N10O3/c1-15-9-32-36(10-15)13-21(41)33-22-18(3-2-8-30-22)39-14-31-20(34-39)12-38-24(42)37(11-19(40)25(27,28)29)23(35-38)16-4-6-17(26)7-5-16/h2-10,14,19,40H,11-13H2,1H3,(H,30,33,41)/t19-/m0/s1. The van der Waals surface area contributed by atoms with Crippen LogP contribution in [0.2, 0.25) is 5.02 Å². The lowest BCUT2D eigenvalue weighted by molar-refractivity contribution is -0.207. The van der Waals surface area contributed by atoms with Gasteiger partial charge in [0.2, 0.25) is 5.91 Å². The molecule has 0 fully saturated rings. The number of rotatable bonds is 9. The van der Waals surface area contributed by atoms with Crippen molar-refractivity contribution < 1.29 is 23.1 Å². The van der Waals surface area contributed by atoms with Gasteiger partial charge in [-0.05, 0) is 48.9 Å². The highest BCUT2D eigenvalue weighted by molar-refractivity contribution is 6.30. The van der Waals surface area contributed by atoms with E-state index in [1.807, 2.05) is 6.92 Å². The second kappa shape index (κ2) is 11.6. The number of alkyl halides is 3. The fraction of sp³-hybridized carbons (Fsp3) is 0.240. The average Bonchev–Trinajstić information content (AvgIpc) is 3.65. The van der Waals surface area contributed by atoms with E-state index in [-0.39, 0.29) is 36.5 Å². The Hall–Kier alpha value is -4.83. The summed E-state index contributed by atoms with van der Waals surface area (Å²) in [4.78, 5) is 34.1. The van der Waals surface area contributed by atoms with Gasteiger partial charge in [-0.3, -0.25) is 14.0 Å². The molecule has 0 aliphatic heterocycles. The largest absolute Gasteiger partial charge is 0.416 e. The number of pyridine rings is 1. The molecule has 0 saturated carbocycles. The maximum absolute atomic E-state index is 13.1. The number of aromatic nitrogens is 9. The number of nitrogens with one attached hydrogen (secondary N) is 1. The van der Waals surface area contributed by atoms with Crippen LogP contribution >= 0.6 is 11.6 Å². The summed E-state index contributed by atoms with van der Waals surface area (Å²) in [5.41, 5.74) is 0.665. The highest BCUT2D eigenvalue weighted by atomic mass is 35.5. The molecule has 0 spiro atoms. The first-order valence-electron chi connectivity index (χ1n) is 12.3. The maximum atomic E-state index is 13.1. The molecule has 5 rings (SSSR count). The van der Waals surface area contributed by atoms with Gasteiger partial charge in [0.15, 0.2) is 23.6 Å². The predicted molar refractivity (Wildman–Crippen MR) is 143 cm³/mol. The number of carbonyl (C=O) groups excluding carboxylic acids is 1. The van der Waals surface area contributed by atoms with Gasteiger partial charge in [0.05, 0.1) is 12.7 Å². The number of carbonyl (C=O) groups is 1. The molecule has 4 aromatic heterocycles. The number of aryl methyl sites for hydroxylation is 1. The topological polar surface area (TPSA) is 151 Å². The Morgan fingerprint density at radius 3 is 2.60 bits per heavy atom. The minimum atomic E-state index is -4.95. The van der Waals surface area contributed by atoms with E-state index < -0.39 is 24.5 Å². The molecule has 17 heteroatoms. The summed E-state index contributed by atoms with van der Waals surface area (Å²) in [6, 6.07) is 9.23. The van der Waals surface area contributed by atoms with Crippen molar-refractivity contribution in [3.63, 3.8) is 0 Å². The Balaban J connectivity index is 1.40. The number of nitrogens with zero attached hydrogens (tertiary/aromatic N) is 9. The Morgan fingerprint density at radius 1 is 1.14 bits per heavy atom. The van der Waals surface area contributed by atoms with Crippen LogP contribution < -0.4 is 11.0 Å². The second-order valence-electron chi connectivity index (χ2n) is 9.18. The van der Waals surface area contributed by atoms with E-state index in [0.29, 0.717) is 16.3 Å². The highest BCUT2D eigenvalue weighted by Crippen LogP contribution is 2.24. The lowest BCUT2D eigenvalue weighted by Gasteiger charge is -2.15. The van der Waals surface area contributed by atoms with E-state index in [9.17, 15) is 27.9 Å². The third-order valence-electron chi connectivity index (χ3n) is 5.95. The molecule has 0 bridgehead atoms. The quantitative estimate of drug-likeness (QED) is 0.261. The molecule has 0 saturated heterocycles. The Kier molecular flexibility index (Phi) is 7.91. The molecule has 1 atom stereocenters. The van der Waals surface area contributed by atoms with Crippen LogP contribution in [0.3, 0.4) is 0 Å². The molecule has 0 aliphatic rings. The van der Waals surface area contributed by atoms with Crippen molar-refractivity contribution in [1.82, 2.24) is 43.9 Å². The van der Waals surface area contributed by atoms with Crippen LogP contribution in [0.5, 0.6) is 0 Å². The summed E-state index contributed by atoms with van der Waals surface area (Å²) in [5, 5.41) is 25.4. The highest BCUT2D eigenvalue weighted by Gasteiger charge is 2.39. The lowest BCUT2D eigenvalue weighted by Crippen LogP contribution is -2.37. The van der Waals surface area contributed by atoms with E-state index in [1.165, 1.54) is 46.2 Å². The first kappa shape index (κ1) is 28.7. The van der Waals surface area contributed by atoms with Crippen LogP contribution in [-0.4, -0.2) is 67.2 Å². The SMILES string of the molecule is Cc1cnn(CC(=O)Nc2ncccc2-n2cnc(Cn3nc(-c4ccc(Cl)cc4)n(C[C@H](O)C(F)(F)F)c3=O)n2)c1. The van der Waals surface area contributed by atoms with Gasteiger partial charge in [-0.2, -0.15) is 18.3 Å². The summed E-state index contributed by atoms with van der Waals surface area (Å²) < 4.78 is 43.8. The molecule has 0 unspecified atom stereocenters. The molecule has 1 amide bonds. The molecule has 0 radical (unpaired) electrons. The second-order valence-corrected chi connectivity index (χ2v) is 9.62. The monoisotopic (exact) mass is 602 g/mol. The van der Waals surface area contributed by atoms with E-state index >= 15 is 0 Å². The van der Waals surface area contributed by atoms with E-state index in [2.05, 4.69) is 30.6 Å². The predicted octanol–water partition coefficient (Wildman–Crippen LogP) is 2.46. The zero-order valence-corrected chi connectivity index (χ0v) is 22.5. The van der Waals surface area contributed by atoms with Crippen molar-refractivity contribution in [2.24, 2.45) is 0 Å². The number of amides is 1. The van der Waals surface area contributed by atoms with Gasteiger partial charge >= 0.3 is 11.9 Å². The Labute approximate surface area is 239 Å². The molecule has 13 nitrogen and oxygen atoms in total. The molecule has 42 heavy (non-hydrogen) atoms. The van der Waals surface area contributed by atoms with Crippen molar-refractivity contribution in [3.8, 4) is 17.1 Å². The molecule has 2 N–H and O–H groups in total. The normalized spacial score (nSPS) is 12.4. The van der Waals surface area contributed by atoms with E-state index in [0.717, 1.165) is 14.8 Å². The smallest absolute Gasteiger partial charge is 0.382 e. The summed E-state index contributed by atoms with van der Waals surface area (Å²) >= 11 is 5.92. The van der Waals surface area contributed by atoms with Crippen LogP contribution in [0.4, 0.5) is 19.0 Å². The average molecular weight is 603 g/mol. The minimum Gasteiger partial charge on any atom is -0.382 e. The molecular formula is C25H22ClF3N10O3. The first-order valence-corrected chi connectivity index (χ1v) is 12.7. The van der Waals surface area contributed by atoms with Gasteiger partial charge in [-0.1, -0.05) is 11.6 Å². The third kappa shape index (κ3) is 6.39. The van der Waals surface area contributed by atoms with Crippen molar-refractivity contribution in [1.29, 1.82) is 0 Å². The molecule has 4 heterocycles. The zero-order valence-electron chi connectivity index (χ0n) is 21.8. The van der Waals surface area contributed by atoms with Gasteiger partial charge < -0.3 is 10.4 Å². The zero-order chi connectivity index (χ0) is 30.0. The van der Waals surface area contributed by atoms with Crippen molar-refractivity contribution in [2.45, 2.75) is 38.8 Å². The molecule has 5 aromatic rings. The summed E-state index contributed by atoms with van der Waals surface area (Å²) in [7, 11) is 0. The van der Waals surface area contributed by atoms with Crippen LogP contribution in [0.15, 0.2) is 66.1 Å². The van der Waals surface area contributed by atoms with Crippen LogP contribution in [0, 0.1) is 6.92 Å². The van der Waals surface area contributed by atoms with Crippen molar-refractivity contribution in [3.05, 3.63) is 88.2 Å². The van der Waals surface area contributed by atoms with E-state index in [1.54, 1.807) is 24.5 Å². The van der Waals surface area contributed by atoms with Gasteiger partial charge in [-0.25, -0.2) is 24.1 Å². The van der Waals surface area contributed by atoms with Crippen LogP contribution in [-0.2, 0) is 24.4 Å². The number of hydrogen-bond acceptors (Lipinski definition) is 8. The molecule has 218 valence electrons. The van der Waals surface area contributed by atoms with Gasteiger partial charge in [0.25, 0.3) is 0 Å². The molecule has 0 aliphatic carbocycles. The van der Waals surface area contributed by atoms with Gasteiger partial charge in [-0.15, -0.1) is 10.2 Å². The lowest BCUT2D eigenvalue weighted by atomic mass is 10.2. The van der Waals surface area contributed by atoms with Crippen molar-refractivity contribution >= 4 is 23.3 Å². The maximum Gasteiger partial charge on any atom is 0.416 e. The Morgan fingerprint density at radius 2 is 1.90 bits per heavy atom. The van der Waals surface area contributed by atoms with Gasteiger partial charge in [0.1, 0.15) is 25.1 Å². The third-order valence-corrected chi connectivity index (χ3v) is 6.20. The summed E-state index contributed by atoms with van der Waals surface area (Å²) in [5.74, 6) is -0.209. The molecular weight excluding hydrogens is 581 g/mol. The van der Waals surface area contributed by atoms with Gasteiger partial charge in [0, 0.05) is 23.0 Å². The Bertz CT molecular complexity index is 1780. The van der Waals surface area contributed by atoms with Crippen LogP contribution in [0.25, 0.3) is 17.1 Å². The number of aliphatic hydroxyl groups excluding tert-OH is 1. The number of anilines is 1. The van der Waals surface area contributed by atoms with Crippen LogP contribution in [0.1, 0.15) is 11.4 Å². The number of aliphatic hydroxyl groups is 1. The number of halogens is 4. The fourth-order valence-electron chi connectivity index (χ4n) is 3.97. The minimum absolute atomic E-state index is 0.0446. The van der Waals surface area contributed by atoms with Crippen molar-refractivity contribution in [2.75, 3.05) is 5.32 Å². The number of benzene rings is 1. The molecule has 1 aromatic carbocycles. The summed E-state index contributed by atoms with van der Waals surface area (Å²) in [6.07, 6.45) is -1.60. The first-order chi connectivity index (χ1) is 20.0. The summed E-state index contributed by atoms with van der Waals surface area (Å²) in [6.45, 7) is 0.432. The fourth-order valence-corrected chi connectivity index (χ4v) is 4.09. The van der Waals surface area contributed by atoms with E-state index in [4.69, 9.17) is 11.6 Å².